The van der Waals surface area contributed by atoms with Crippen molar-refractivity contribution in [3.63, 3.8) is 0 Å². The van der Waals surface area contributed by atoms with Gasteiger partial charge in [0.1, 0.15) is 29.4 Å². The van der Waals surface area contributed by atoms with Crippen molar-refractivity contribution in [1.29, 1.82) is 0 Å². The zero-order valence-corrected chi connectivity index (χ0v) is 15.3. The molecule has 5 heteroatoms. The summed E-state index contributed by atoms with van der Waals surface area (Å²) in [5.74, 6) is 1.33. The van der Waals surface area contributed by atoms with Crippen molar-refractivity contribution in [2.45, 2.75) is 6.61 Å². The Hall–Kier alpha value is -3.47. The van der Waals surface area contributed by atoms with Crippen LogP contribution in [0.1, 0.15) is 15.9 Å². The first kappa shape index (κ1) is 18.3. The van der Waals surface area contributed by atoms with E-state index in [-0.39, 0.29) is 5.91 Å². The summed E-state index contributed by atoms with van der Waals surface area (Å²) < 4.78 is 16.4. The highest BCUT2D eigenvalue weighted by Gasteiger charge is 2.19. The van der Waals surface area contributed by atoms with Crippen molar-refractivity contribution in [3.05, 3.63) is 83.9 Å². The molecule has 27 heavy (non-hydrogen) atoms. The maximum Gasteiger partial charge on any atom is 0.263 e. The van der Waals surface area contributed by atoms with Crippen LogP contribution in [0, 0.1) is 0 Å². The first-order chi connectivity index (χ1) is 13.2. The third kappa shape index (κ3) is 4.58. The van der Waals surface area contributed by atoms with Crippen LogP contribution in [0.5, 0.6) is 17.2 Å². The Morgan fingerprint density at radius 3 is 2.19 bits per heavy atom. The van der Waals surface area contributed by atoms with Crippen LogP contribution in [0.15, 0.2) is 72.8 Å². The Labute approximate surface area is 158 Å². The Balaban J connectivity index is 1.82. The predicted octanol–water partition coefficient (Wildman–Crippen LogP) is 4.54. The van der Waals surface area contributed by atoms with E-state index in [1.165, 1.54) is 7.11 Å². The molecular formula is C22H21NO4. The van der Waals surface area contributed by atoms with Crippen LogP contribution in [0.2, 0.25) is 0 Å². The van der Waals surface area contributed by atoms with Crippen LogP contribution in [-0.2, 0) is 6.61 Å². The molecule has 0 saturated carbocycles. The number of methoxy groups -OCH3 is 2. The lowest BCUT2D eigenvalue weighted by Crippen LogP contribution is -2.15. The molecule has 0 heterocycles. The number of ether oxygens (including phenoxy) is 3. The minimum absolute atomic E-state index is 0.305. The van der Waals surface area contributed by atoms with Crippen molar-refractivity contribution < 1.29 is 19.0 Å². The third-order valence-corrected chi connectivity index (χ3v) is 4.02. The molecule has 0 aliphatic carbocycles. The number of anilines is 1. The highest BCUT2D eigenvalue weighted by atomic mass is 16.5. The monoisotopic (exact) mass is 363 g/mol. The third-order valence-electron chi connectivity index (χ3n) is 4.02. The van der Waals surface area contributed by atoms with E-state index in [0.717, 1.165) is 11.3 Å². The number of hydrogen-bond donors (Lipinski definition) is 1. The van der Waals surface area contributed by atoms with Crippen molar-refractivity contribution in [2.24, 2.45) is 0 Å². The van der Waals surface area contributed by atoms with Crippen molar-refractivity contribution in [2.75, 3.05) is 19.5 Å². The summed E-state index contributed by atoms with van der Waals surface area (Å²) in [5.41, 5.74) is 2.02. The quantitative estimate of drug-likeness (QED) is 0.670. The van der Waals surface area contributed by atoms with Crippen LogP contribution in [0.4, 0.5) is 5.69 Å². The average molecular weight is 363 g/mol. The Kier molecular flexibility index (Phi) is 5.94. The average Bonchev–Trinajstić information content (AvgIpc) is 2.73. The molecule has 0 spiro atoms. The molecule has 0 atom stereocenters. The van der Waals surface area contributed by atoms with E-state index in [0.29, 0.717) is 29.4 Å². The SMILES string of the molecule is COc1ccc(NC(=O)c2c(OC)cccc2OCc2ccccc2)cc1. The zero-order chi connectivity index (χ0) is 19.1. The molecule has 0 fully saturated rings. The molecule has 0 bridgehead atoms. The minimum Gasteiger partial charge on any atom is -0.497 e. The molecule has 0 aliphatic heterocycles. The molecule has 1 N–H and O–H groups in total. The standard InChI is InChI=1S/C22H21NO4/c1-25-18-13-11-17(12-14-18)23-22(24)21-19(26-2)9-6-10-20(21)27-15-16-7-4-3-5-8-16/h3-14H,15H2,1-2H3,(H,23,24). The molecule has 3 rings (SSSR count). The van der Waals surface area contributed by atoms with E-state index in [1.807, 2.05) is 30.3 Å². The van der Waals surface area contributed by atoms with Crippen LogP contribution < -0.4 is 19.5 Å². The molecule has 5 nitrogen and oxygen atoms in total. The summed E-state index contributed by atoms with van der Waals surface area (Å²) in [6, 6.07) is 22.2. The Morgan fingerprint density at radius 2 is 1.52 bits per heavy atom. The lowest BCUT2D eigenvalue weighted by atomic mass is 10.1. The lowest BCUT2D eigenvalue weighted by Gasteiger charge is -2.15. The fourth-order valence-electron chi connectivity index (χ4n) is 2.63. The van der Waals surface area contributed by atoms with Crippen LogP contribution in [-0.4, -0.2) is 20.1 Å². The van der Waals surface area contributed by atoms with Gasteiger partial charge in [0.15, 0.2) is 0 Å². The van der Waals surface area contributed by atoms with Gasteiger partial charge >= 0.3 is 0 Å². The predicted molar refractivity (Wildman–Crippen MR) is 105 cm³/mol. The second kappa shape index (κ2) is 8.76. The van der Waals surface area contributed by atoms with Gasteiger partial charge in [-0.2, -0.15) is 0 Å². The summed E-state index contributed by atoms with van der Waals surface area (Å²) in [6.45, 7) is 0.358. The first-order valence-electron chi connectivity index (χ1n) is 8.50. The molecule has 138 valence electrons. The largest absolute Gasteiger partial charge is 0.497 e. The van der Waals surface area contributed by atoms with Gasteiger partial charge < -0.3 is 19.5 Å². The lowest BCUT2D eigenvalue weighted by molar-refractivity contribution is 0.101. The Bertz CT molecular complexity index is 892. The molecule has 0 unspecified atom stereocenters. The van der Waals surface area contributed by atoms with E-state index < -0.39 is 0 Å². The molecule has 0 aliphatic rings. The van der Waals surface area contributed by atoms with Gasteiger partial charge in [-0.15, -0.1) is 0 Å². The van der Waals surface area contributed by atoms with E-state index in [2.05, 4.69) is 5.32 Å². The van der Waals surface area contributed by atoms with Crippen LogP contribution in [0.25, 0.3) is 0 Å². The van der Waals surface area contributed by atoms with Gasteiger partial charge in [0.2, 0.25) is 0 Å². The van der Waals surface area contributed by atoms with Crippen LogP contribution in [0.3, 0.4) is 0 Å². The van der Waals surface area contributed by atoms with Gasteiger partial charge in [-0.05, 0) is 42.0 Å². The van der Waals surface area contributed by atoms with Crippen molar-refractivity contribution in [3.8, 4) is 17.2 Å². The Morgan fingerprint density at radius 1 is 0.815 bits per heavy atom. The molecule has 0 saturated heterocycles. The van der Waals surface area contributed by atoms with Gasteiger partial charge in [0.25, 0.3) is 5.91 Å². The number of carbonyl (C=O) groups excluding carboxylic acids is 1. The van der Waals surface area contributed by atoms with Crippen molar-refractivity contribution >= 4 is 11.6 Å². The number of benzene rings is 3. The maximum atomic E-state index is 12.9. The summed E-state index contributed by atoms with van der Waals surface area (Å²) >= 11 is 0. The van der Waals surface area contributed by atoms with E-state index in [9.17, 15) is 4.79 Å². The summed E-state index contributed by atoms with van der Waals surface area (Å²) in [7, 11) is 3.12. The zero-order valence-electron chi connectivity index (χ0n) is 15.3. The maximum absolute atomic E-state index is 12.9. The van der Waals surface area contributed by atoms with E-state index in [4.69, 9.17) is 14.2 Å². The second-order valence-electron chi connectivity index (χ2n) is 5.79. The number of amides is 1. The molecule has 3 aromatic rings. The smallest absolute Gasteiger partial charge is 0.263 e. The van der Waals surface area contributed by atoms with Gasteiger partial charge in [0.05, 0.1) is 14.2 Å². The fourth-order valence-corrected chi connectivity index (χ4v) is 2.63. The molecule has 1 amide bonds. The van der Waals surface area contributed by atoms with E-state index in [1.54, 1.807) is 49.6 Å². The highest BCUT2D eigenvalue weighted by molar-refractivity contribution is 6.08. The van der Waals surface area contributed by atoms with Gasteiger partial charge in [-0.3, -0.25) is 4.79 Å². The van der Waals surface area contributed by atoms with Gasteiger partial charge in [0, 0.05) is 5.69 Å². The first-order valence-corrected chi connectivity index (χ1v) is 8.50. The number of nitrogens with one attached hydrogen (secondary N) is 1. The highest BCUT2D eigenvalue weighted by Crippen LogP contribution is 2.30. The molecule has 3 aromatic carbocycles. The van der Waals surface area contributed by atoms with Crippen molar-refractivity contribution in [1.82, 2.24) is 0 Å². The summed E-state index contributed by atoms with van der Waals surface area (Å²) in [5, 5.41) is 2.87. The number of hydrogen-bond acceptors (Lipinski definition) is 4. The fraction of sp³-hybridized carbons (Fsp3) is 0.136. The summed E-state index contributed by atoms with van der Waals surface area (Å²) in [6.07, 6.45) is 0. The van der Waals surface area contributed by atoms with Gasteiger partial charge in [-0.25, -0.2) is 0 Å². The van der Waals surface area contributed by atoms with E-state index >= 15 is 0 Å². The number of carbonyl (C=O) groups is 1. The molecule has 0 aromatic heterocycles. The summed E-state index contributed by atoms with van der Waals surface area (Å²) in [4.78, 5) is 12.9. The normalized spacial score (nSPS) is 10.1. The van der Waals surface area contributed by atoms with Crippen LogP contribution >= 0.6 is 0 Å². The molecular weight excluding hydrogens is 342 g/mol. The number of rotatable bonds is 7. The minimum atomic E-state index is -0.305. The topological polar surface area (TPSA) is 56.8 Å². The second-order valence-corrected chi connectivity index (χ2v) is 5.79. The molecule has 0 radical (unpaired) electrons. The van der Waals surface area contributed by atoms with Gasteiger partial charge in [-0.1, -0.05) is 36.4 Å².